The van der Waals surface area contributed by atoms with Gasteiger partial charge in [-0.15, -0.1) is 0 Å². The van der Waals surface area contributed by atoms with Crippen molar-refractivity contribution < 1.29 is 24.5 Å². The predicted octanol–water partition coefficient (Wildman–Crippen LogP) is 2.89. The summed E-state index contributed by atoms with van der Waals surface area (Å²) in [6, 6.07) is 0. The van der Waals surface area contributed by atoms with Gasteiger partial charge in [0.05, 0.1) is 25.5 Å². The topological polar surface area (TPSA) is 76.0 Å². The monoisotopic (exact) mass is 348 g/mol. The average Bonchev–Trinajstić information content (AvgIpc) is 2.31. The summed E-state index contributed by atoms with van der Waals surface area (Å²) >= 11 is 0. The number of carbonyl (C=O) groups is 1. The van der Waals surface area contributed by atoms with Crippen molar-refractivity contribution in [3.63, 3.8) is 0 Å². The molecule has 6 heteroatoms. The van der Waals surface area contributed by atoms with Gasteiger partial charge < -0.3 is 19.7 Å². The number of hydrogen-bond acceptors (Lipinski definition) is 5. The van der Waals surface area contributed by atoms with Crippen molar-refractivity contribution in [3.05, 3.63) is 0 Å². The smallest absolute Gasteiger partial charge is 0.302 e. The van der Waals surface area contributed by atoms with Crippen molar-refractivity contribution in [1.82, 2.24) is 0 Å². The van der Waals surface area contributed by atoms with Gasteiger partial charge in [0.25, 0.3) is 0 Å². The minimum absolute atomic E-state index is 0.0568. The van der Waals surface area contributed by atoms with E-state index >= 15 is 0 Å². The van der Waals surface area contributed by atoms with E-state index in [1.807, 2.05) is 27.7 Å². The molecule has 0 amide bonds. The van der Waals surface area contributed by atoms with E-state index in [2.05, 4.69) is 26.9 Å². The summed E-state index contributed by atoms with van der Waals surface area (Å²) in [6.07, 6.45) is -0.0652. The highest BCUT2D eigenvalue weighted by Crippen LogP contribution is 2.49. The molecule has 138 valence electrons. The lowest BCUT2D eigenvalue weighted by Gasteiger charge is -2.50. The molecule has 0 rings (SSSR count). The maximum atomic E-state index is 10.7. The number of ether oxygens (including phenoxy) is 2. The van der Waals surface area contributed by atoms with Gasteiger partial charge in [-0.1, -0.05) is 26.9 Å². The molecule has 0 aromatic rings. The normalized spacial score (nSPS) is 15.4. The zero-order valence-corrected chi connectivity index (χ0v) is 17.3. The SMILES string of the molecule is CC(=O)OCC(O)COC(C)(C)CC(C)(C)[Si](C)(C)C(C)(C)O. The Kier molecular flexibility index (Phi) is 7.49. The first-order valence-electron chi connectivity index (χ1n) is 8.20. The molecule has 1 unspecified atom stereocenters. The Morgan fingerprint density at radius 1 is 1.09 bits per heavy atom. The lowest BCUT2D eigenvalue weighted by atomic mass is 9.95. The van der Waals surface area contributed by atoms with Gasteiger partial charge in [-0.05, 0) is 39.2 Å². The highest BCUT2D eigenvalue weighted by atomic mass is 28.3. The van der Waals surface area contributed by atoms with E-state index in [0.29, 0.717) is 0 Å². The van der Waals surface area contributed by atoms with Crippen LogP contribution in [0.2, 0.25) is 18.1 Å². The van der Waals surface area contributed by atoms with E-state index in [0.717, 1.165) is 6.42 Å². The second-order valence-electron chi connectivity index (χ2n) is 8.77. The fourth-order valence-corrected chi connectivity index (χ4v) is 5.27. The fraction of sp³-hybridized carbons (Fsp3) is 0.941. The largest absolute Gasteiger partial charge is 0.463 e. The van der Waals surface area contributed by atoms with Crippen LogP contribution in [0.1, 0.15) is 54.9 Å². The molecule has 0 aliphatic carbocycles. The molecular weight excluding hydrogens is 312 g/mol. The standard InChI is InChI=1S/C17H36O5Si/c1-13(18)21-10-14(19)11-22-15(2,3)12-16(4,5)23(8,9)17(6,7)20/h14,19-20H,10-12H2,1-9H3. The Labute approximate surface area is 142 Å². The molecule has 5 nitrogen and oxygen atoms in total. The van der Waals surface area contributed by atoms with Crippen LogP contribution in [0.25, 0.3) is 0 Å². The van der Waals surface area contributed by atoms with Gasteiger partial charge in [-0.3, -0.25) is 4.79 Å². The molecule has 0 aliphatic rings. The molecule has 0 aromatic carbocycles. The van der Waals surface area contributed by atoms with Crippen molar-refractivity contribution in [2.45, 2.75) is 89.9 Å². The van der Waals surface area contributed by atoms with Gasteiger partial charge in [-0.25, -0.2) is 0 Å². The van der Waals surface area contributed by atoms with Crippen LogP contribution in [0.4, 0.5) is 0 Å². The van der Waals surface area contributed by atoms with Crippen LogP contribution < -0.4 is 0 Å². The molecule has 23 heavy (non-hydrogen) atoms. The summed E-state index contributed by atoms with van der Waals surface area (Å²) in [6.45, 7) is 17.9. The van der Waals surface area contributed by atoms with E-state index in [1.165, 1.54) is 6.92 Å². The minimum Gasteiger partial charge on any atom is -0.463 e. The van der Waals surface area contributed by atoms with Gasteiger partial charge >= 0.3 is 5.97 Å². The van der Waals surface area contributed by atoms with Crippen LogP contribution in [0.5, 0.6) is 0 Å². The Morgan fingerprint density at radius 2 is 1.57 bits per heavy atom. The quantitative estimate of drug-likeness (QED) is 0.495. The van der Waals surface area contributed by atoms with Crippen LogP contribution in [0.3, 0.4) is 0 Å². The van der Waals surface area contributed by atoms with Crippen molar-refractivity contribution in [2.24, 2.45) is 0 Å². The average molecular weight is 349 g/mol. The molecule has 0 radical (unpaired) electrons. The van der Waals surface area contributed by atoms with Crippen LogP contribution in [0.15, 0.2) is 0 Å². The van der Waals surface area contributed by atoms with Crippen molar-refractivity contribution in [2.75, 3.05) is 13.2 Å². The number of carbonyl (C=O) groups excluding carboxylic acids is 1. The Balaban J connectivity index is 4.75. The van der Waals surface area contributed by atoms with Crippen LogP contribution >= 0.6 is 0 Å². The molecule has 0 aromatic heterocycles. The number of hydrogen-bond donors (Lipinski definition) is 2. The van der Waals surface area contributed by atoms with E-state index in [-0.39, 0.29) is 18.3 Å². The van der Waals surface area contributed by atoms with Gasteiger partial charge in [-0.2, -0.15) is 0 Å². The number of aliphatic hydroxyl groups excluding tert-OH is 1. The Bertz CT molecular complexity index is 396. The fourth-order valence-electron chi connectivity index (χ4n) is 2.75. The Morgan fingerprint density at radius 3 is 1.96 bits per heavy atom. The summed E-state index contributed by atoms with van der Waals surface area (Å²) in [5.41, 5.74) is -0.448. The lowest BCUT2D eigenvalue weighted by molar-refractivity contribution is -0.146. The Hall–Kier alpha value is -0.433. The zero-order chi connectivity index (χ0) is 18.7. The third-order valence-corrected chi connectivity index (χ3v) is 11.9. The highest BCUT2D eigenvalue weighted by Gasteiger charge is 2.51. The highest BCUT2D eigenvalue weighted by molar-refractivity contribution is 6.82. The molecule has 0 aliphatic heterocycles. The van der Waals surface area contributed by atoms with Gasteiger partial charge in [0.2, 0.25) is 0 Å². The number of rotatable bonds is 9. The van der Waals surface area contributed by atoms with Gasteiger partial charge in [0.1, 0.15) is 12.7 Å². The zero-order valence-electron chi connectivity index (χ0n) is 16.3. The minimum atomic E-state index is -1.98. The van der Waals surface area contributed by atoms with E-state index < -0.39 is 31.0 Å². The molecule has 2 N–H and O–H groups in total. The molecule has 0 heterocycles. The summed E-state index contributed by atoms with van der Waals surface area (Å²) in [4.78, 5) is 10.7. The van der Waals surface area contributed by atoms with Crippen molar-refractivity contribution >= 4 is 14.0 Å². The first-order chi connectivity index (χ1) is 10.0. The van der Waals surface area contributed by atoms with Gasteiger partial charge in [0.15, 0.2) is 0 Å². The molecule has 0 saturated heterocycles. The van der Waals surface area contributed by atoms with Crippen LogP contribution in [0, 0.1) is 0 Å². The van der Waals surface area contributed by atoms with Crippen molar-refractivity contribution in [3.8, 4) is 0 Å². The molecular formula is C17H36O5Si. The summed E-state index contributed by atoms with van der Waals surface area (Å²) in [5.74, 6) is -0.414. The molecule has 0 fully saturated rings. The van der Waals surface area contributed by atoms with Crippen molar-refractivity contribution in [1.29, 1.82) is 0 Å². The summed E-state index contributed by atoms with van der Waals surface area (Å²) < 4.78 is 10.6. The maximum absolute atomic E-state index is 10.7. The third kappa shape index (κ3) is 6.91. The van der Waals surface area contributed by atoms with Gasteiger partial charge in [0, 0.05) is 6.92 Å². The molecule has 0 saturated carbocycles. The second-order valence-corrected chi connectivity index (χ2v) is 14.6. The molecule has 1 atom stereocenters. The van der Waals surface area contributed by atoms with Crippen LogP contribution in [-0.2, 0) is 14.3 Å². The number of aliphatic hydroxyl groups is 2. The summed E-state index contributed by atoms with van der Waals surface area (Å²) in [5, 5.41) is 19.6. The first-order valence-corrected chi connectivity index (χ1v) is 11.2. The van der Waals surface area contributed by atoms with E-state index in [4.69, 9.17) is 9.47 Å². The molecule has 0 spiro atoms. The lowest BCUT2D eigenvalue weighted by Crippen LogP contribution is -2.58. The van der Waals surface area contributed by atoms with E-state index in [1.54, 1.807) is 0 Å². The predicted molar refractivity (Wildman–Crippen MR) is 95.1 cm³/mol. The second kappa shape index (κ2) is 7.63. The number of esters is 1. The molecule has 0 bridgehead atoms. The van der Waals surface area contributed by atoms with Crippen LogP contribution in [-0.4, -0.2) is 54.4 Å². The third-order valence-electron chi connectivity index (χ3n) is 5.23. The maximum Gasteiger partial charge on any atom is 0.302 e. The van der Waals surface area contributed by atoms with E-state index in [9.17, 15) is 15.0 Å². The first kappa shape index (κ1) is 22.6. The summed E-state index contributed by atoms with van der Waals surface area (Å²) in [7, 11) is -1.98.